The van der Waals surface area contributed by atoms with Crippen LogP contribution in [0.3, 0.4) is 0 Å². The molecule has 5 nitrogen and oxygen atoms in total. The average molecular weight is 409 g/mol. The number of benzene rings is 2. The Hall–Kier alpha value is -2.08. The third-order valence-corrected chi connectivity index (χ3v) is 4.53. The molecule has 0 fully saturated rings. The first-order valence-corrected chi connectivity index (χ1v) is 8.55. The van der Waals surface area contributed by atoms with Gasteiger partial charge in [0.2, 0.25) is 5.91 Å². The number of carbonyl (C=O) groups excluding carboxylic acids is 1. The fraction of sp³-hybridized carbons (Fsp3) is 0.300. The SMILES string of the molecule is Cc1nc2ccccc2n1CCCNC(=O)C(C)(N)c1ccccc1.Cl.Cl. The minimum absolute atomic E-state index is 0. The molecule has 0 saturated heterocycles. The van der Waals surface area contributed by atoms with Crippen molar-refractivity contribution in [1.29, 1.82) is 0 Å². The van der Waals surface area contributed by atoms with Crippen molar-refractivity contribution in [2.45, 2.75) is 32.4 Å². The van der Waals surface area contributed by atoms with Crippen molar-refractivity contribution in [1.82, 2.24) is 14.9 Å². The summed E-state index contributed by atoms with van der Waals surface area (Å²) in [6, 6.07) is 17.5. The van der Waals surface area contributed by atoms with E-state index in [4.69, 9.17) is 5.73 Å². The first-order valence-electron chi connectivity index (χ1n) is 8.55. The van der Waals surface area contributed by atoms with Gasteiger partial charge in [-0.1, -0.05) is 42.5 Å². The lowest BCUT2D eigenvalue weighted by atomic mass is 9.92. The Morgan fingerprint density at radius 1 is 1.11 bits per heavy atom. The molecule has 1 unspecified atom stereocenters. The Bertz CT molecular complexity index is 878. The largest absolute Gasteiger partial charge is 0.354 e. The molecule has 0 bridgehead atoms. The predicted molar refractivity (Wildman–Crippen MR) is 115 cm³/mol. The second-order valence-corrected chi connectivity index (χ2v) is 6.48. The summed E-state index contributed by atoms with van der Waals surface area (Å²) >= 11 is 0. The number of halogens is 2. The summed E-state index contributed by atoms with van der Waals surface area (Å²) in [7, 11) is 0. The zero-order chi connectivity index (χ0) is 17.9. The monoisotopic (exact) mass is 408 g/mol. The van der Waals surface area contributed by atoms with Gasteiger partial charge in [-0.2, -0.15) is 0 Å². The molecule has 3 aromatic rings. The lowest BCUT2D eigenvalue weighted by Crippen LogP contribution is -2.49. The van der Waals surface area contributed by atoms with Crippen LogP contribution in [-0.2, 0) is 16.9 Å². The van der Waals surface area contributed by atoms with Gasteiger partial charge in [0.15, 0.2) is 0 Å². The van der Waals surface area contributed by atoms with Crippen molar-refractivity contribution in [3.63, 3.8) is 0 Å². The topological polar surface area (TPSA) is 72.9 Å². The fourth-order valence-corrected chi connectivity index (χ4v) is 3.02. The number of imidazole rings is 1. The van der Waals surface area contributed by atoms with Gasteiger partial charge in [0.1, 0.15) is 11.4 Å². The number of nitrogens with zero attached hydrogens (tertiary/aromatic N) is 2. The van der Waals surface area contributed by atoms with Crippen LogP contribution in [0.5, 0.6) is 0 Å². The molecule has 146 valence electrons. The molecule has 0 radical (unpaired) electrons. The van der Waals surface area contributed by atoms with Gasteiger partial charge in [0.25, 0.3) is 0 Å². The van der Waals surface area contributed by atoms with Gasteiger partial charge in [0.05, 0.1) is 11.0 Å². The number of aromatic nitrogens is 2. The maximum absolute atomic E-state index is 12.5. The number of aryl methyl sites for hydroxylation is 2. The molecule has 7 heteroatoms. The molecule has 0 aliphatic rings. The highest BCUT2D eigenvalue weighted by molar-refractivity contribution is 5.87. The molecule has 27 heavy (non-hydrogen) atoms. The van der Waals surface area contributed by atoms with Gasteiger partial charge in [-0.15, -0.1) is 24.8 Å². The molecule has 1 aromatic heterocycles. The third kappa shape index (κ3) is 5.01. The van der Waals surface area contributed by atoms with Crippen LogP contribution in [0.4, 0.5) is 0 Å². The van der Waals surface area contributed by atoms with E-state index in [9.17, 15) is 4.79 Å². The van der Waals surface area contributed by atoms with Crippen LogP contribution in [0.1, 0.15) is 24.7 Å². The van der Waals surface area contributed by atoms with Gasteiger partial charge in [-0.25, -0.2) is 4.98 Å². The van der Waals surface area contributed by atoms with Gasteiger partial charge in [-0.3, -0.25) is 4.79 Å². The van der Waals surface area contributed by atoms with E-state index in [1.54, 1.807) is 6.92 Å². The van der Waals surface area contributed by atoms with Crippen LogP contribution in [0.15, 0.2) is 54.6 Å². The minimum Gasteiger partial charge on any atom is -0.354 e. The van der Waals surface area contributed by atoms with E-state index in [1.807, 2.05) is 55.5 Å². The minimum atomic E-state index is -1.03. The van der Waals surface area contributed by atoms with E-state index >= 15 is 0 Å². The lowest BCUT2D eigenvalue weighted by Gasteiger charge is -2.24. The molecule has 3 N–H and O–H groups in total. The number of nitrogens with one attached hydrogen (secondary N) is 1. The van der Waals surface area contributed by atoms with Gasteiger partial charge in [-0.05, 0) is 38.0 Å². The van der Waals surface area contributed by atoms with Crippen LogP contribution in [0.2, 0.25) is 0 Å². The standard InChI is InChI=1S/C20H24N4O.2ClH/c1-15-23-17-11-6-7-12-18(17)24(15)14-8-13-22-19(25)20(2,21)16-9-4-3-5-10-16;;/h3-7,9-12H,8,13-14,21H2,1-2H3,(H,22,25);2*1H. The highest BCUT2D eigenvalue weighted by atomic mass is 35.5. The van der Waals surface area contributed by atoms with Crippen molar-refractivity contribution in [2.75, 3.05) is 6.54 Å². The molecule has 0 saturated carbocycles. The second kappa shape index (κ2) is 9.74. The predicted octanol–water partition coefficient (Wildman–Crippen LogP) is 3.57. The van der Waals surface area contributed by atoms with Crippen molar-refractivity contribution in [3.05, 3.63) is 66.0 Å². The normalized spacial score (nSPS) is 12.6. The number of para-hydroxylation sites is 2. The number of amides is 1. The maximum atomic E-state index is 12.5. The number of hydrogen-bond acceptors (Lipinski definition) is 3. The average Bonchev–Trinajstić information content (AvgIpc) is 2.94. The van der Waals surface area contributed by atoms with Crippen LogP contribution < -0.4 is 11.1 Å². The third-order valence-electron chi connectivity index (χ3n) is 4.53. The van der Waals surface area contributed by atoms with E-state index in [1.165, 1.54) is 0 Å². The Morgan fingerprint density at radius 2 is 1.74 bits per heavy atom. The van der Waals surface area contributed by atoms with E-state index in [0.29, 0.717) is 6.54 Å². The summed E-state index contributed by atoms with van der Waals surface area (Å²) in [4.78, 5) is 17.0. The highest BCUT2D eigenvalue weighted by Gasteiger charge is 2.29. The zero-order valence-electron chi connectivity index (χ0n) is 15.5. The summed E-state index contributed by atoms with van der Waals surface area (Å²) in [6.07, 6.45) is 0.817. The van der Waals surface area contributed by atoms with Crippen molar-refractivity contribution in [3.8, 4) is 0 Å². The summed E-state index contributed by atoms with van der Waals surface area (Å²) in [5, 5.41) is 2.95. The molecule has 1 amide bonds. The summed E-state index contributed by atoms with van der Waals surface area (Å²) in [5.74, 6) is 0.825. The van der Waals surface area contributed by atoms with Crippen LogP contribution in [-0.4, -0.2) is 22.0 Å². The Kier molecular flexibility index (Phi) is 8.28. The molecule has 0 aliphatic heterocycles. The molecule has 2 aromatic carbocycles. The quantitative estimate of drug-likeness (QED) is 0.612. The molecule has 0 spiro atoms. The van der Waals surface area contributed by atoms with Gasteiger partial charge in [0, 0.05) is 13.1 Å². The molecular weight excluding hydrogens is 383 g/mol. The molecule has 0 aliphatic carbocycles. The summed E-state index contributed by atoms with van der Waals surface area (Å²) in [5.41, 5.74) is 8.14. The molecular formula is C20H26Cl2N4O. The Balaban J connectivity index is 0.00000182. The lowest BCUT2D eigenvalue weighted by molar-refractivity contribution is -0.126. The van der Waals surface area contributed by atoms with Crippen LogP contribution in [0, 0.1) is 6.92 Å². The summed E-state index contributed by atoms with van der Waals surface area (Å²) < 4.78 is 2.18. The highest BCUT2D eigenvalue weighted by Crippen LogP contribution is 2.18. The first kappa shape index (κ1) is 23.0. The van der Waals surface area contributed by atoms with Crippen molar-refractivity contribution in [2.24, 2.45) is 5.73 Å². The maximum Gasteiger partial charge on any atom is 0.244 e. The molecule has 1 atom stereocenters. The van der Waals surface area contributed by atoms with E-state index in [-0.39, 0.29) is 30.7 Å². The molecule has 1 heterocycles. The van der Waals surface area contributed by atoms with Crippen molar-refractivity contribution < 1.29 is 4.79 Å². The second-order valence-electron chi connectivity index (χ2n) is 6.48. The number of nitrogens with two attached hydrogens (primary N) is 1. The fourth-order valence-electron chi connectivity index (χ4n) is 3.02. The smallest absolute Gasteiger partial charge is 0.244 e. The number of carbonyl (C=O) groups is 1. The van der Waals surface area contributed by atoms with E-state index in [0.717, 1.165) is 35.4 Å². The van der Waals surface area contributed by atoms with Crippen LogP contribution >= 0.6 is 24.8 Å². The molecule has 3 rings (SSSR count). The van der Waals surface area contributed by atoms with E-state index in [2.05, 4.69) is 20.9 Å². The van der Waals surface area contributed by atoms with Gasteiger partial charge < -0.3 is 15.6 Å². The van der Waals surface area contributed by atoms with Gasteiger partial charge >= 0.3 is 0 Å². The van der Waals surface area contributed by atoms with E-state index < -0.39 is 5.54 Å². The first-order chi connectivity index (χ1) is 12.0. The zero-order valence-corrected chi connectivity index (χ0v) is 17.1. The summed E-state index contributed by atoms with van der Waals surface area (Å²) in [6.45, 7) is 5.12. The number of rotatable bonds is 6. The van der Waals surface area contributed by atoms with Crippen LogP contribution in [0.25, 0.3) is 11.0 Å². The number of hydrogen-bond donors (Lipinski definition) is 2. The van der Waals surface area contributed by atoms with Crippen molar-refractivity contribution >= 4 is 41.8 Å². The Labute approximate surface area is 172 Å². The Morgan fingerprint density at radius 3 is 2.44 bits per heavy atom. The number of fused-ring (bicyclic) bond motifs is 1.